The number of carbonyl (C=O) groups excluding carboxylic acids is 1. The zero-order chi connectivity index (χ0) is 25.5. The first-order chi connectivity index (χ1) is 17.4. The van der Waals surface area contributed by atoms with Gasteiger partial charge >= 0.3 is 0 Å². The molecule has 1 aliphatic rings. The number of carbonyl (C=O) groups is 1. The van der Waals surface area contributed by atoms with Crippen LogP contribution in [0.5, 0.6) is 0 Å². The number of hydrogen-bond acceptors (Lipinski definition) is 6. The Balaban J connectivity index is 1.47. The molecule has 0 radical (unpaired) electrons. The summed E-state index contributed by atoms with van der Waals surface area (Å²) in [6.45, 7) is 4.04. The lowest BCUT2D eigenvalue weighted by Crippen LogP contribution is -2.49. The molecule has 6 nitrogen and oxygen atoms in total. The lowest BCUT2D eigenvalue weighted by molar-refractivity contribution is -0.123. The van der Waals surface area contributed by atoms with Crippen LogP contribution in [0.15, 0.2) is 66.7 Å². The number of rotatable bonds is 9. The molecule has 7 heteroatoms. The van der Waals surface area contributed by atoms with Crippen molar-refractivity contribution in [3.8, 4) is 0 Å². The lowest BCUT2D eigenvalue weighted by atomic mass is 9.87. The molecule has 0 atom stereocenters. The van der Waals surface area contributed by atoms with Crippen molar-refractivity contribution in [3.63, 3.8) is 0 Å². The first kappa shape index (κ1) is 26.0. The van der Waals surface area contributed by atoms with Crippen LogP contribution in [0, 0.1) is 6.92 Å². The zero-order valence-corrected chi connectivity index (χ0v) is 22.5. The first-order valence-corrected chi connectivity index (χ1v) is 13.8. The fourth-order valence-corrected chi connectivity index (χ4v) is 6.19. The number of aryl methyl sites for hydroxylation is 1. The molecule has 0 bridgehead atoms. The SMILES string of the molecule is CCSC(C(=O)N[C@H]1CC[C@@H](Nc2cc(N(C)C)nc(C)n2)CC1)(c1ccccc1)c1ccccc1. The van der Waals surface area contributed by atoms with E-state index in [9.17, 15) is 4.79 Å². The molecule has 1 aliphatic carbocycles. The third-order valence-electron chi connectivity index (χ3n) is 6.74. The summed E-state index contributed by atoms with van der Waals surface area (Å²) < 4.78 is -0.770. The van der Waals surface area contributed by atoms with Crippen molar-refractivity contribution in [2.45, 2.75) is 56.4 Å². The normalized spacial score (nSPS) is 17.9. The highest BCUT2D eigenvalue weighted by Crippen LogP contribution is 2.43. The summed E-state index contributed by atoms with van der Waals surface area (Å²) >= 11 is 1.69. The molecule has 3 aromatic rings. The predicted molar refractivity (Wildman–Crippen MR) is 151 cm³/mol. The number of anilines is 2. The van der Waals surface area contributed by atoms with E-state index in [1.807, 2.05) is 68.4 Å². The van der Waals surface area contributed by atoms with E-state index in [0.29, 0.717) is 6.04 Å². The molecule has 190 valence electrons. The maximum Gasteiger partial charge on any atom is 0.245 e. The average Bonchev–Trinajstić information content (AvgIpc) is 2.89. The van der Waals surface area contributed by atoms with Crippen LogP contribution < -0.4 is 15.5 Å². The van der Waals surface area contributed by atoms with Gasteiger partial charge in [0.2, 0.25) is 5.91 Å². The average molecular weight is 504 g/mol. The quantitative estimate of drug-likeness (QED) is 0.408. The van der Waals surface area contributed by atoms with E-state index in [1.165, 1.54) is 0 Å². The number of thioether (sulfide) groups is 1. The fraction of sp³-hybridized carbons (Fsp3) is 0.414. The molecular formula is C29H37N5OS. The van der Waals surface area contributed by atoms with E-state index >= 15 is 0 Å². The molecule has 1 aromatic heterocycles. The second-order valence-electron chi connectivity index (χ2n) is 9.57. The van der Waals surface area contributed by atoms with Gasteiger partial charge < -0.3 is 15.5 Å². The maximum atomic E-state index is 14.1. The van der Waals surface area contributed by atoms with Crippen molar-refractivity contribution in [3.05, 3.63) is 83.7 Å². The third kappa shape index (κ3) is 5.84. The highest BCUT2D eigenvalue weighted by Gasteiger charge is 2.43. The molecule has 36 heavy (non-hydrogen) atoms. The van der Waals surface area contributed by atoms with Crippen LogP contribution in [-0.4, -0.2) is 47.8 Å². The summed E-state index contributed by atoms with van der Waals surface area (Å²) in [6, 6.07) is 22.8. The lowest BCUT2D eigenvalue weighted by Gasteiger charge is -2.36. The van der Waals surface area contributed by atoms with Crippen LogP contribution in [0.1, 0.15) is 49.6 Å². The summed E-state index contributed by atoms with van der Waals surface area (Å²) in [5.74, 6) is 3.44. The summed E-state index contributed by atoms with van der Waals surface area (Å²) in [6.07, 6.45) is 3.83. The van der Waals surface area contributed by atoms with Crippen LogP contribution in [0.2, 0.25) is 0 Å². The predicted octanol–water partition coefficient (Wildman–Crippen LogP) is 5.39. The van der Waals surface area contributed by atoms with Gasteiger partial charge in [-0.1, -0.05) is 67.6 Å². The molecule has 1 saturated carbocycles. The van der Waals surface area contributed by atoms with E-state index in [-0.39, 0.29) is 11.9 Å². The number of hydrogen-bond donors (Lipinski definition) is 2. The Morgan fingerprint density at radius 1 is 0.944 bits per heavy atom. The summed E-state index contributed by atoms with van der Waals surface area (Å²) in [7, 11) is 3.97. The van der Waals surface area contributed by atoms with Crippen LogP contribution in [0.4, 0.5) is 11.6 Å². The largest absolute Gasteiger partial charge is 0.367 e. The second-order valence-corrected chi connectivity index (χ2v) is 11.0. The Hall–Kier alpha value is -3.06. The van der Waals surface area contributed by atoms with Gasteiger partial charge in [-0.3, -0.25) is 4.79 Å². The van der Waals surface area contributed by atoms with Crippen molar-refractivity contribution in [2.24, 2.45) is 0 Å². The number of amides is 1. The van der Waals surface area contributed by atoms with Crippen molar-refractivity contribution >= 4 is 29.3 Å². The molecule has 1 fully saturated rings. The Morgan fingerprint density at radius 3 is 2.03 bits per heavy atom. The van der Waals surface area contributed by atoms with Gasteiger partial charge in [-0.25, -0.2) is 9.97 Å². The Morgan fingerprint density at radius 2 is 1.50 bits per heavy atom. The molecule has 0 saturated heterocycles. The highest BCUT2D eigenvalue weighted by molar-refractivity contribution is 8.01. The Bertz CT molecular complexity index is 1090. The van der Waals surface area contributed by atoms with Crippen molar-refractivity contribution < 1.29 is 4.79 Å². The first-order valence-electron chi connectivity index (χ1n) is 12.8. The summed E-state index contributed by atoms with van der Waals surface area (Å²) in [5, 5.41) is 7.04. The molecule has 1 heterocycles. The van der Waals surface area contributed by atoms with Crippen LogP contribution in [-0.2, 0) is 9.54 Å². The molecule has 0 spiro atoms. The minimum atomic E-state index is -0.770. The Kier molecular flexibility index (Phi) is 8.52. The van der Waals surface area contributed by atoms with Crippen LogP contribution in [0.25, 0.3) is 0 Å². The number of nitrogens with zero attached hydrogens (tertiary/aromatic N) is 3. The maximum absolute atomic E-state index is 14.1. The Labute approximate surface area is 219 Å². The van der Waals surface area contributed by atoms with Gasteiger partial charge in [-0.05, 0) is 49.5 Å². The van der Waals surface area contributed by atoms with E-state index in [4.69, 9.17) is 0 Å². The number of aromatic nitrogens is 2. The minimum Gasteiger partial charge on any atom is -0.367 e. The van der Waals surface area contributed by atoms with Crippen LogP contribution >= 0.6 is 11.8 Å². The van der Waals surface area contributed by atoms with Gasteiger partial charge in [-0.15, -0.1) is 11.8 Å². The molecule has 1 amide bonds. The third-order valence-corrected chi connectivity index (χ3v) is 8.12. The minimum absolute atomic E-state index is 0.0743. The molecule has 0 aliphatic heterocycles. The van der Waals surface area contributed by atoms with Crippen molar-refractivity contribution in [1.29, 1.82) is 0 Å². The number of benzene rings is 2. The van der Waals surface area contributed by atoms with Gasteiger partial charge in [0, 0.05) is 32.2 Å². The monoisotopic (exact) mass is 503 g/mol. The fourth-order valence-electron chi connectivity index (χ4n) is 4.96. The van der Waals surface area contributed by atoms with Crippen molar-refractivity contribution in [2.75, 3.05) is 30.1 Å². The van der Waals surface area contributed by atoms with Crippen LogP contribution in [0.3, 0.4) is 0 Å². The zero-order valence-electron chi connectivity index (χ0n) is 21.7. The van der Waals surface area contributed by atoms with Gasteiger partial charge in [0.25, 0.3) is 0 Å². The van der Waals surface area contributed by atoms with E-state index < -0.39 is 4.75 Å². The van der Waals surface area contributed by atoms with Crippen molar-refractivity contribution in [1.82, 2.24) is 15.3 Å². The van der Waals surface area contributed by atoms with E-state index in [2.05, 4.69) is 51.8 Å². The summed E-state index contributed by atoms with van der Waals surface area (Å²) in [4.78, 5) is 25.1. The summed E-state index contributed by atoms with van der Waals surface area (Å²) in [5.41, 5.74) is 2.04. The van der Waals surface area contributed by atoms with E-state index in [1.54, 1.807) is 11.8 Å². The second kappa shape index (κ2) is 11.8. The molecule has 2 aromatic carbocycles. The molecule has 4 rings (SSSR count). The molecule has 0 unspecified atom stereocenters. The number of nitrogens with one attached hydrogen (secondary N) is 2. The van der Waals surface area contributed by atoms with Gasteiger partial charge in [-0.2, -0.15) is 0 Å². The smallest absolute Gasteiger partial charge is 0.245 e. The molecule has 2 N–H and O–H groups in total. The van der Waals surface area contributed by atoms with E-state index in [0.717, 1.165) is 60.0 Å². The van der Waals surface area contributed by atoms with Gasteiger partial charge in [0.1, 0.15) is 22.2 Å². The standard InChI is InChI=1S/C29H37N5OS/c1-5-36-29(22-12-8-6-9-13-22,23-14-10-7-11-15-23)28(35)33-25-18-16-24(17-19-25)32-26-20-27(34(3)4)31-21(2)30-26/h6-15,20,24-25H,5,16-19H2,1-4H3,(H,33,35)(H,30,31,32)/t24-,25+. The highest BCUT2D eigenvalue weighted by atomic mass is 32.2. The topological polar surface area (TPSA) is 70.2 Å². The molecular weight excluding hydrogens is 466 g/mol. The van der Waals surface area contributed by atoms with Gasteiger partial charge in [0.15, 0.2) is 0 Å². The van der Waals surface area contributed by atoms with Gasteiger partial charge in [0.05, 0.1) is 0 Å².